The van der Waals surface area contributed by atoms with Crippen LogP contribution in [-0.2, 0) is 6.42 Å². The van der Waals surface area contributed by atoms with Gasteiger partial charge in [-0.05, 0) is 29.1 Å². The molecule has 3 aromatic rings. The third-order valence-electron chi connectivity index (χ3n) is 2.54. The molecule has 0 fully saturated rings. The van der Waals surface area contributed by atoms with Gasteiger partial charge in [0.15, 0.2) is 0 Å². The standard InChI is InChI=1S/C13H11N3OS/c14-10-5-3-9(4-6-10)8-12-15-13(16-17-12)11-2-1-7-18-11/h1-7H,8,14H2. The third kappa shape index (κ3) is 2.26. The Morgan fingerprint density at radius 2 is 2.00 bits per heavy atom. The number of thiophene rings is 1. The third-order valence-corrected chi connectivity index (χ3v) is 3.41. The number of nitrogen functional groups attached to an aromatic ring is 1. The molecular formula is C13H11N3OS. The molecule has 2 N–H and O–H groups in total. The average Bonchev–Trinajstić information content (AvgIpc) is 3.02. The molecule has 1 aromatic carbocycles. The first kappa shape index (κ1) is 11.0. The van der Waals surface area contributed by atoms with Crippen molar-refractivity contribution in [1.29, 1.82) is 0 Å². The van der Waals surface area contributed by atoms with Crippen LogP contribution in [0.1, 0.15) is 11.5 Å². The van der Waals surface area contributed by atoms with Gasteiger partial charge in [-0.25, -0.2) is 0 Å². The monoisotopic (exact) mass is 257 g/mol. The molecule has 0 aliphatic carbocycles. The van der Waals surface area contributed by atoms with Crippen LogP contribution in [0.15, 0.2) is 46.3 Å². The molecule has 4 nitrogen and oxygen atoms in total. The Labute approximate surface area is 108 Å². The molecule has 90 valence electrons. The predicted octanol–water partition coefficient (Wildman–Crippen LogP) is 2.97. The lowest BCUT2D eigenvalue weighted by molar-refractivity contribution is 0.386. The fraction of sp³-hybridized carbons (Fsp3) is 0.0769. The van der Waals surface area contributed by atoms with Crippen molar-refractivity contribution in [3.05, 3.63) is 53.2 Å². The Hall–Kier alpha value is -2.14. The molecule has 0 unspecified atom stereocenters. The van der Waals surface area contributed by atoms with E-state index in [2.05, 4.69) is 10.1 Å². The number of hydrogen-bond acceptors (Lipinski definition) is 5. The van der Waals surface area contributed by atoms with Crippen molar-refractivity contribution in [2.45, 2.75) is 6.42 Å². The Bertz CT molecular complexity index is 629. The van der Waals surface area contributed by atoms with Crippen LogP contribution in [0.3, 0.4) is 0 Å². The summed E-state index contributed by atoms with van der Waals surface area (Å²) >= 11 is 1.60. The van der Waals surface area contributed by atoms with Gasteiger partial charge >= 0.3 is 0 Å². The summed E-state index contributed by atoms with van der Waals surface area (Å²) < 4.78 is 5.24. The zero-order chi connectivity index (χ0) is 12.4. The van der Waals surface area contributed by atoms with E-state index >= 15 is 0 Å². The highest BCUT2D eigenvalue weighted by Crippen LogP contribution is 2.22. The lowest BCUT2D eigenvalue weighted by Crippen LogP contribution is -1.90. The highest BCUT2D eigenvalue weighted by Gasteiger charge is 2.09. The molecule has 2 aromatic heterocycles. The Kier molecular flexibility index (Phi) is 2.82. The van der Waals surface area contributed by atoms with Crippen molar-refractivity contribution >= 4 is 17.0 Å². The molecule has 0 aliphatic rings. The topological polar surface area (TPSA) is 64.9 Å². The lowest BCUT2D eigenvalue weighted by atomic mass is 10.1. The first-order valence-corrected chi connectivity index (χ1v) is 6.40. The summed E-state index contributed by atoms with van der Waals surface area (Å²) in [6, 6.07) is 11.6. The van der Waals surface area contributed by atoms with Gasteiger partial charge in [0, 0.05) is 5.69 Å². The number of nitrogens with two attached hydrogens (primary N) is 1. The molecule has 0 amide bonds. The molecule has 0 saturated heterocycles. The molecule has 3 rings (SSSR count). The summed E-state index contributed by atoms with van der Waals surface area (Å²) in [7, 11) is 0. The molecule has 0 radical (unpaired) electrons. The minimum absolute atomic E-state index is 0.614. The second-order valence-electron chi connectivity index (χ2n) is 3.91. The number of benzene rings is 1. The number of hydrogen-bond donors (Lipinski definition) is 1. The van der Waals surface area contributed by atoms with Crippen LogP contribution in [0.25, 0.3) is 10.7 Å². The zero-order valence-electron chi connectivity index (χ0n) is 9.54. The smallest absolute Gasteiger partial charge is 0.231 e. The average molecular weight is 257 g/mol. The van der Waals surface area contributed by atoms with E-state index in [4.69, 9.17) is 10.3 Å². The summed E-state index contributed by atoms with van der Waals surface area (Å²) in [4.78, 5) is 5.39. The fourth-order valence-corrected chi connectivity index (χ4v) is 2.29. The van der Waals surface area contributed by atoms with E-state index in [0.29, 0.717) is 18.1 Å². The van der Waals surface area contributed by atoms with Gasteiger partial charge in [0.1, 0.15) is 0 Å². The van der Waals surface area contributed by atoms with Gasteiger partial charge in [-0.1, -0.05) is 23.4 Å². The van der Waals surface area contributed by atoms with E-state index in [-0.39, 0.29) is 0 Å². The van der Waals surface area contributed by atoms with Gasteiger partial charge in [0.25, 0.3) is 0 Å². The summed E-state index contributed by atoms with van der Waals surface area (Å²) in [6.07, 6.45) is 0.624. The van der Waals surface area contributed by atoms with Crippen molar-refractivity contribution in [2.75, 3.05) is 5.73 Å². The second-order valence-corrected chi connectivity index (χ2v) is 4.86. The van der Waals surface area contributed by atoms with E-state index < -0.39 is 0 Å². The van der Waals surface area contributed by atoms with Crippen molar-refractivity contribution in [2.24, 2.45) is 0 Å². The maximum Gasteiger partial charge on any atom is 0.231 e. The number of rotatable bonds is 3. The van der Waals surface area contributed by atoms with E-state index in [9.17, 15) is 0 Å². The molecule has 0 spiro atoms. The number of nitrogens with zero attached hydrogens (tertiary/aromatic N) is 2. The highest BCUT2D eigenvalue weighted by atomic mass is 32.1. The Morgan fingerprint density at radius 3 is 2.72 bits per heavy atom. The van der Waals surface area contributed by atoms with Crippen molar-refractivity contribution in [3.63, 3.8) is 0 Å². The van der Waals surface area contributed by atoms with Crippen molar-refractivity contribution in [3.8, 4) is 10.7 Å². The van der Waals surface area contributed by atoms with Gasteiger partial charge in [0.05, 0.1) is 11.3 Å². The van der Waals surface area contributed by atoms with E-state index in [0.717, 1.165) is 16.1 Å². The van der Waals surface area contributed by atoms with Crippen LogP contribution >= 0.6 is 11.3 Å². The molecule has 0 saturated carbocycles. The molecular weight excluding hydrogens is 246 g/mol. The highest BCUT2D eigenvalue weighted by molar-refractivity contribution is 7.13. The lowest BCUT2D eigenvalue weighted by Gasteiger charge is -1.96. The van der Waals surface area contributed by atoms with Gasteiger partial charge < -0.3 is 10.3 Å². The Balaban J connectivity index is 1.80. The largest absolute Gasteiger partial charge is 0.399 e. The van der Waals surface area contributed by atoms with E-state index in [1.807, 2.05) is 41.8 Å². The van der Waals surface area contributed by atoms with Crippen LogP contribution in [0.5, 0.6) is 0 Å². The normalized spacial score (nSPS) is 10.7. The minimum atomic E-state index is 0.614. The van der Waals surface area contributed by atoms with Crippen molar-refractivity contribution < 1.29 is 4.52 Å². The van der Waals surface area contributed by atoms with Crippen LogP contribution < -0.4 is 5.73 Å². The summed E-state index contributed by atoms with van der Waals surface area (Å²) in [6.45, 7) is 0. The molecule has 2 heterocycles. The predicted molar refractivity (Wildman–Crippen MR) is 71.3 cm³/mol. The first-order chi connectivity index (χ1) is 8.81. The van der Waals surface area contributed by atoms with Crippen molar-refractivity contribution in [1.82, 2.24) is 10.1 Å². The summed E-state index contributed by atoms with van der Waals surface area (Å²) in [5.74, 6) is 1.26. The SMILES string of the molecule is Nc1ccc(Cc2nc(-c3cccs3)no2)cc1. The maximum absolute atomic E-state index is 5.64. The summed E-state index contributed by atoms with van der Waals surface area (Å²) in [5, 5.41) is 5.96. The van der Waals surface area contributed by atoms with E-state index in [1.165, 1.54) is 0 Å². The van der Waals surface area contributed by atoms with Gasteiger partial charge in [-0.3, -0.25) is 0 Å². The molecule has 0 bridgehead atoms. The van der Waals surface area contributed by atoms with Crippen LogP contribution in [0, 0.1) is 0 Å². The molecule has 0 atom stereocenters. The zero-order valence-corrected chi connectivity index (χ0v) is 10.4. The molecule has 0 aliphatic heterocycles. The molecule has 5 heteroatoms. The van der Waals surface area contributed by atoms with Crippen LogP contribution in [0.4, 0.5) is 5.69 Å². The Morgan fingerprint density at radius 1 is 1.17 bits per heavy atom. The molecule has 18 heavy (non-hydrogen) atoms. The fourth-order valence-electron chi connectivity index (χ4n) is 1.64. The first-order valence-electron chi connectivity index (χ1n) is 5.52. The van der Waals surface area contributed by atoms with Crippen LogP contribution in [0.2, 0.25) is 0 Å². The van der Waals surface area contributed by atoms with Gasteiger partial charge in [-0.15, -0.1) is 11.3 Å². The van der Waals surface area contributed by atoms with Gasteiger partial charge in [-0.2, -0.15) is 4.98 Å². The van der Waals surface area contributed by atoms with E-state index in [1.54, 1.807) is 11.3 Å². The second kappa shape index (κ2) is 4.62. The summed E-state index contributed by atoms with van der Waals surface area (Å²) in [5.41, 5.74) is 7.49. The number of aromatic nitrogens is 2. The van der Waals surface area contributed by atoms with Gasteiger partial charge in [0.2, 0.25) is 11.7 Å². The number of anilines is 1. The quantitative estimate of drug-likeness (QED) is 0.732. The minimum Gasteiger partial charge on any atom is -0.399 e. The van der Waals surface area contributed by atoms with Crippen LogP contribution in [-0.4, -0.2) is 10.1 Å². The maximum atomic E-state index is 5.64.